The number of carbonyl (C=O) groups is 1. The van der Waals surface area contributed by atoms with Crippen molar-refractivity contribution in [3.8, 4) is 11.5 Å². The van der Waals surface area contributed by atoms with Gasteiger partial charge in [-0.2, -0.15) is 0 Å². The van der Waals surface area contributed by atoms with Gasteiger partial charge in [0.1, 0.15) is 11.5 Å². The Morgan fingerprint density at radius 2 is 1.82 bits per heavy atom. The zero-order chi connectivity index (χ0) is 12.8. The quantitative estimate of drug-likeness (QED) is 0.795. The smallest absolute Gasteiger partial charge is 0.251 e. The van der Waals surface area contributed by atoms with Crippen LogP contribution in [-0.2, 0) is 0 Å². The summed E-state index contributed by atoms with van der Waals surface area (Å²) in [6, 6.07) is 4.95. The first-order valence-electron chi connectivity index (χ1n) is 5.34. The second-order valence-corrected chi connectivity index (χ2v) is 3.71. The summed E-state index contributed by atoms with van der Waals surface area (Å²) < 4.78 is 10.2. The van der Waals surface area contributed by atoms with Crippen LogP contribution < -0.4 is 20.5 Å². The fraction of sp³-hybridized carbons (Fsp3) is 0.417. The SMILES string of the molecule is COc1cc(OC)cc(C(=O)N[C@@H](C)CN)c1. The Balaban J connectivity index is 2.92. The van der Waals surface area contributed by atoms with Crippen molar-refractivity contribution in [2.75, 3.05) is 20.8 Å². The van der Waals surface area contributed by atoms with E-state index in [1.807, 2.05) is 6.92 Å². The van der Waals surface area contributed by atoms with Crippen LogP contribution in [0.25, 0.3) is 0 Å². The van der Waals surface area contributed by atoms with Gasteiger partial charge >= 0.3 is 0 Å². The zero-order valence-electron chi connectivity index (χ0n) is 10.3. The summed E-state index contributed by atoms with van der Waals surface area (Å²) in [5, 5.41) is 2.77. The summed E-state index contributed by atoms with van der Waals surface area (Å²) in [5.74, 6) is 0.963. The normalized spacial score (nSPS) is 11.8. The van der Waals surface area contributed by atoms with Crippen LogP contribution in [0.15, 0.2) is 18.2 Å². The molecule has 94 valence electrons. The van der Waals surface area contributed by atoms with Gasteiger partial charge < -0.3 is 20.5 Å². The predicted molar refractivity (Wildman–Crippen MR) is 65.5 cm³/mol. The molecule has 0 heterocycles. The van der Waals surface area contributed by atoms with Crippen LogP contribution in [0.2, 0.25) is 0 Å². The van der Waals surface area contributed by atoms with E-state index in [0.717, 1.165) is 0 Å². The first-order chi connectivity index (χ1) is 8.10. The van der Waals surface area contributed by atoms with Gasteiger partial charge in [-0.25, -0.2) is 0 Å². The van der Waals surface area contributed by atoms with Crippen molar-refractivity contribution in [3.05, 3.63) is 23.8 Å². The van der Waals surface area contributed by atoms with Gasteiger partial charge in [0.05, 0.1) is 14.2 Å². The molecule has 0 aromatic heterocycles. The summed E-state index contributed by atoms with van der Waals surface area (Å²) in [6.45, 7) is 2.24. The molecule has 5 nitrogen and oxygen atoms in total. The lowest BCUT2D eigenvalue weighted by Gasteiger charge is -2.12. The van der Waals surface area contributed by atoms with E-state index in [-0.39, 0.29) is 11.9 Å². The zero-order valence-corrected chi connectivity index (χ0v) is 10.3. The Morgan fingerprint density at radius 3 is 2.24 bits per heavy atom. The molecule has 0 unspecified atom stereocenters. The van der Waals surface area contributed by atoms with E-state index in [1.54, 1.807) is 32.4 Å². The molecule has 1 aromatic rings. The van der Waals surface area contributed by atoms with Crippen molar-refractivity contribution in [2.24, 2.45) is 5.73 Å². The van der Waals surface area contributed by atoms with Crippen LogP contribution in [0.4, 0.5) is 0 Å². The lowest BCUT2D eigenvalue weighted by Crippen LogP contribution is -2.37. The highest BCUT2D eigenvalue weighted by atomic mass is 16.5. The van der Waals surface area contributed by atoms with Gasteiger partial charge in [0, 0.05) is 24.2 Å². The minimum atomic E-state index is -0.194. The van der Waals surface area contributed by atoms with Crippen molar-refractivity contribution in [1.29, 1.82) is 0 Å². The standard InChI is InChI=1S/C12H18N2O3/c1-8(7-13)14-12(15)9-4-10(16-2)6-11(5-9)17-3/h4-6,8H,7,13H2,1-3H3,(H,14,15)/t8-/m0/s1. The largest absolute Gasteiger partial charge is 0.497 e. The maximum atomic E-state index is 11.9. The predicted octanol–water partition coefficient (Wildman–Crippen LogP) is 0.781. The lowest BCUT2D eigenvalue weighted by atomic mass is 10.1. The number of nitrogens with two attached hydrogens (primary N) is 1. The van der Waals surface area contributed by atoms with Crippen molar-refractivity contribution >= 4 is 5.91 Å². The van der Waals surface area contributed by atoms with E-state index in [4.69, 9.17) is 15.2 Å². The number of benzene rings is 1. The molecule has 0 bridgehead atoms. The highest BCUT2D eigenvalue weighted by Crippen LogP contribution is 2.22. The van der Waals surface area contributed by atoms with Gasteiger partial charge in [-0.15, -0.1) is 0 Å². The van der Waals surface area contributed by atoms with Gasteiger partial charge in [-0.05, 0) is 19.1 Å². The number of methoxy groups -OCH3 is 2. The molecule has 5 heteroatoms. The summed E-state index contributed by atoms with van der Waals surface area (Å²) in [7, 11) is 3.08. The first-order valence-corrected chi connectivity index (χ1v) is 5.34. The average Bonchev–Trinajstić information content (AvgIpc) is 2.37. The molecule has 17 heavy (non-hydrogen) atoms. The van der Waals surface area contributed by atoms with E-state index < -0.39 is 0 Å². The number of amides is 1. The van der Waals surface area contributed by atoms with Crippen LogP contribution in [0.3, 0.4) is 0 Å². The van der Waals surface area contributed by atoms with Crippen LogP contribution >= 0.6 is 0 Å². The van der Waals surface area contributed by atoms with Crippen molar-refractivity contribution < 1.29 is 14.3 Å². The molecule has 3 N–H and O–H groups in total. The van der Waals surface area contributed by atoms with Crippen LogP contribution in [0, 0.1) is 0 Å². The molecule has 0 saturated heterocycles. The molecule has 0 radical (unpaired) electrons. The van der Waals surface area contributed by atoms with Gasteiger partial charge in [-0.1, -0.05) is 0 Å². The number of hydrogen-bond acceptors (Lipinski definition) is 4. The second kappa shape index (κ2) is 6.10. The van der Waals surface area contributed by atoms with Gasteiger partial charge in [-0.3, -0.25) is 4.79 Å². The number of ether oxygens (including phenoxy) is 2. The van der Waals surface area contributed by atoms with E-state index in [9.17, 15) is 4.79 Å². The summed E-state index contributed by atoms with van der Waals surface area (Å²) in [5.41, 5.74) is 5.93. The Labute approximate surface area is 101 Å². The third-order valence-corrected chi connectivity index (χ3v) is 2.34. The number of carbonyl (C=O) groups excluding carboxylic acids is 1. The minimum absolute atomic E-state index is 0.0697. The molecule has 0 spiro atoms. The molecule has 0 aliphatic heterocycles. The van der Waals surface area contributed by atoms with Crippen LogP contribution in [0.1, 0.15) is 17.3 Å². The highest BCUT2D eigenvalue weighted by molar-refractivity contribution is 5.95. The summed E-state index contributed by atoms with van der Waals surface area (Å²) in [6.07, 6.45) is 0. The third kappa shape index (κ3) is 3.64. The molecule has 1 aromatic carbocycles. The average molecular weight is 238 g/mol. The fourth-order valence-electron chi connectivity index (χ4n) is 1.30. The number of nitrogens with one attached hydrogen (secondary N) is 1. The van der Waals surface area contributed by atoms with Crippen molar-refractivity contribution in [3.63, 3.8) is 0 Å². The topological polar surface area (TPSA) is 73.6 Å². The van der Waals surface area contributed by atoms with Gasteiger partial charge in [0.2, 0.25) is 0 Å². The van der Waals surface area contributed by atoms with E-state index in [0.29, 0.717) is 23.6 Å². The fourth-order valence-corrected chi connectivity index (χ4v) is 1.30. The van der Waals surface area contributed by atoms with Gasteiger partial charge in [0.15, 0.2) is 0 Å². The molecule has 1 amide bonds. The van der Waals surface area contributed by atoms with E-state index in [1.165, 1.54) is 0 Å². The summed E-state index contributed by atoms with van der Waals surface area (Å²) in [4.78, 5) is 11.9. The Kier molecular flexibility index (Phi) is 4.78. The molecule has 1 atom stereocenters. The monoisotopic (exact) mass is 238 g/mol. The summed E-state index contributed by atoms with van der Waals surface area (Å²) >= 11 is 0. The van der Waals surface area contributed by atoms with E-state index in [2.05, 4.69) is 5.32 Å². The Bertz CT molecular complexity index is 371. The molecule has 0 aliphatic carbocycles. The molecular formula is C12H18N2O3. The van der Waals surface area contributed by atoms with E-state index >= 15 is 0 Å². The van der Waals surface area contributed by atoms with Crippen LogP contribution in [0.5, 0.6) is 11.5 Å². The van der Waals surface area contributed by atoms with Crippen molar-refractivity contribution in [1.82, 2.24) is 5.32 Å². The minimum Gasteiger partial charge on any atom is -0.497 e. The van der Waals surface area contributed by atoms with Gasteiger partial charge in [0.25, 0.3) is 5.91 Å². The Hall–Kier alpha value is -1.75. The maximum absolute atomic E-state index is 11.9. The lowest BCUT2D eigenvalue weighted by molar-refractivity contribution is 0.0940. The first kappa shape index (κ1) is 13.3. The van der Waals surface area contributed by atoms with Crippen molar-refractivity contribution in [2.45, 2.75) is 13.0 Å². The Morgan fingerprint density at radius 1 is 1.29 bits per heavy atom. The third-order valence-electron chi connectivity index (χ3n) is 2.34. The molecular weight excluding hydrogens is 220 g/mol. The number of rotatable bonds is 5. The van der Waals surface area contributed by atoms with Crippen LogP contribution in [-0.4, -0.2) is 32.7 Å². The number of hydrogen-bond donors (Lipinski definition) is 2. The molecule has 0 fully saturated rings. The highest BCUT2D eigenvalue weighted by Gasteiger charge is 2.11. The maximum Gasteiger partial charge on any atom is 0.251 e. The second-order valence-electron chi connectivity index (χ2n) is 3.71. The molecule has 1 rings (SSSR count). The molecule has 0 saturated carbocycles. The molecule has 0 aliphatic rings.